The topological polar surface area (TPSA) is 51.2 Å². The minimum atomic E-state index is -0.0705. The molecule has 3 aromatic carbocycles. The Hall–Kier alpha value is -3.66. The number of hydrogen-bond acceptors (Lipinski definition) is 3. The fourth-order valence-corrected chi connectivity index (χ4v) is 4.68. The van der Waals surface area contributed by atoms with E-state index in [1.807, 2.05) is 68.4 Å². The number of carbonyl (C=O) groups is 1. The average molecular weight is 437 g/mol. The number of aryl methyl sites for hydroxylation is 1. The zero-order valence-electron chi connectivity index (χ0n) is 19.0. The molecule has 4 heteroatoms. The lowest BCUT2D eigenvalue weighted by Gasteiger charge is -2.26. The second-order valence-corrected chi connectivity index (χ2v) is 8.85. The number of ether oxygens (including phenoxy) is 1. The van der Waals surface area contributed by atoms with Crippen molar-refractivity contribution in [1.29, 1.82) is 0 Å². The summed E-state index contributed by atoms with van der Waals surface area (Å²) < 4.78 is 6.03. The smallest absolute Gasteiger partial charge is 0.252 e. The third-order valence-corrected chi connectivity index (χ3v) is 6.16. The molecule has 1 aliphatic rings. The van der Waals surface area contributed by atoms with Crippen molar-refractivity contribution in [2.24, 2.45) is 0 Å². The first-order valence-electron chi connectivity index (χ1n) is 11.6. The molecular formula is C29H28N2O2. The number of fused-ring (bicyclic) bond motifs is 2. The summed E-state index contributed by atoms with van der Waals surface area (Å²) in [5.41, 5.74) is 5.61. The molecule has 1 aromatic heterocycles. The van der Waals surface area contributed by atoms with Crippen molar-refractivity contribution in [1.82, 2.24) is 10.3 Å². The summed E-state index contributed by atoms with van der Waals surface area (Å²) in [6.07, 6.45) is 3.13. The molecule has 1 aliphatic carbocycles. The Bertz CT molecular complexity index is 1310. The molecule has 0 saturated carbocycles. The molecule has 0 unspecified atom stereocenters. The van der Waals surface area contributed by atoms with Gasteiger partial charge >= 0.3 is 0 Å². The molecule has 0 aliphatic heterocycles. The maximum Gasteiger partial charge on any atom is 0.252 e. The highest BCUT2D eigenvalue weighted by molar-refractivity contribution is 6.07. The van der Waals surface area contributed by atoms with Crippen LogP contribution in [-0.4, -0.2) is 17.0 Å². The molecule has 1 amide bonds. The molecule has 166 valence electrons. The van der Waals surface area contributed by atoms with Crippen LogP contribution in [0.5, 0.6) is 5.75 Å². The van der Waals surface area contributed by atoms with Gasteiger partial charge in [0, 0.05) is 10.9 Å². The van der Waals surface area contributed by atoms with E-state index in [0.717, 1.165) is 47.2 Å². The van der Waals surface area contributed by atoms with Gasteiger partial charge in [-0.05, 0) is 68.5 Å². The van der Waals surface area contributed by atoms with Gasteiger partial charge in [0.2, 0.25) is 0 Å². The van der Waals surface area contributed by atoms with Gasteiger partial charge in [0.1, 0.15) is 5.75 Å². The van der Waals surface area contributed by atoms with Crippen molar-refractivity contribution >= 4 is 16.8 Å². The molecule has 1 N–H and O–H groups in total. The van der Waals surface area contributed by atoms with Crippen LogP contribution < -0.4 is 10.1 Å². The Morgan fingerprint density at radius 3 is 2.64 bits per heavy atom. The summed E-state index contributed by atoms with van der Waals surface area (Å²) >= 11 is 0. The number of pyridine rings is 1. The predicted molar refractivity (Wildman–Crippen MR) is 133 cm³/mol. The predicted octanol–water partition coefficient (Wildman–Crippen LogP) is 6.50. The van der Waals surface area contributed by atoms with Crippen molar-refractivity contribution in [3.05, 3.63) is 95.6 Å². The number of amides is 1. The monoisotopic (exact) mass is 436 g/mol. The minimum absolute atomic E-state index is 0.0226. The first-order valence-corrected chi connectivity index (χ1v) is 11.6. The molecule has 0 spiro atoms. The normalized spacial score (nSPS) is 15.3. The molecule has 0 saturated heterocycles. The fraction of sp³-hybridized carbons (Fsp3) is 0.241. The molecule has 0 bridgehead atoms. The SMILES string of the molecule is CC(C)Oc1ccccc1-c1cc(C(=O)N[C@H]2CCCc3ccccc32)c2ccccc2n1. The summed E-state index contributed by atoms with van der Waals surface area (Å²) in [6.45, 7) is 4.01. The van der Waals surface area contributed by atoms with Crippen LogP contribution in [0.3, 0.4) is 0 Å². The van der Waals surface area contributed by atoms with Gasteiger partial charge in [-0.25, -0.2) is 4.98 Å². The second kappa shape index (κ2) is 9.07. The summed E-state index contributed by atoms with van der Waals surface area (Å²) in [4.78, 5) is 18.5. The van der Waals surface area contributed by atoms with E-state index in [0.29, 0.717) is 5.56 Å². The molecule has 1 atom stereocenters. The molecule has 4 aromatic rings. The third-order valence-electron chi connectivity index (χ3n) is 6.16. The highest BCUT2D eigenvalue weighted by Crippen LogP contribution is 2.33. The quantitative estimate of drug-likeness (QED) is 0.389. The summed E-state index contributed by atoms with van der Waals surface area (Å²) in [5, 5.41) is 4.16. The van der Waals surface area contributed by atoms with Crippen molar-refractivity contribution in [2.75, 3.05) is 0 Å². The van der Waals surface area contributed by atoms with Gasteiger partial charge < -0.3 is 10.1 Å². The van der Waals surface area contributed by atoms with Crippen LogP contribution in [0.15, 0.2) is 78.9 Å². The number of carbonyl (C=O) groups excluding carboxylic acids is 1. The van der Waals surface area contributed by atoms with E-state index in [9.17, 15) is 4.79 Å². The van der Waals surface area contributed by atoms with Gasteiger partial charge in [-0.2, -0.15) is 0 Å². The van der Waals surface area contributed by atoms with E-state index in [2.05, 4.69) is 29.6 Å². The second-order valence-electron chi connectivity index (χ2n) is 8.85. The maximum absolute atomic E-state index is 13.6. The molecule has 0 fully saturated rings. The highest BCUT2D eigenvalue weighted by Gasteiger charge is 2.23. The van der Waals surface area contributed by atoms with Crippen molar-refractivity contribution in [3.63, 3.8) is 0 Å². The number of nitrogens with one attached hydrogen (secondary N) is 1. The summed E-state index contributed by atoms with van der Waals surface area (Å²) in [6, 6.07) is 26.0. The standard InChI is InChI=1S/C29H28N2O2/c1-19(2)33-28-17-8-6-14-23(28)27-18-24(22-13-5-7-15-26(22)30-27)29(32)31-25-16-9-11-20-10-3-4-12-21(20)25/h3-8,10,12-15,17-19,25H,9,11,16H2,1-2H3,(H,31,32)/t25-/m0/s1. The van der Waals surface area contributed by atoms with Crippen LogP contribution in [0.25, 0.3) is 22.2 Å². The third kappa shape index (κ3) is 4.34. The Morgan fingerprint density at radius 2 is 1.76 bits per heavy atom. The van der Waals surface area contributed by atoms with E-state index in [-0.39, 0.29) is 18.1 Å². The van der Waals surface area contributed by atoms with Gasteiger partial charge in [-0.15, -0.1) is 0 Å². The van der Waals surface area contributed by atoms with Crippen molar-refractivity contribution in [3.8, 4) is 17.0 Å². The van der Waals surface area contributed by atoms with Crippen LogP contribution in [0.1, 0.15) is 54.2 Å². The largest absolute Gasteiger partial charge is 0.490 e. The molecular weight excluding hydrogens is 408 g/mol. The number of nitrogens with zero attached hydrogens (tertiary/aromatic N) is 1. The fourth-order valence-electron chi connectivity index (χ4n) is 4.68. The Balaban J connectivity index is 1.56. The van der Waals surface area contributed by atoms with Crippen LogP contribution in [-0.2, 0) is 6.42 Å². The number of benzene rings is 3. The first-order chi connectivity index (χ1) is 16.1. The van der Waals surface area contributed by atoms with Crippen LogP contribution in [0, 0.1) is 0 Å². The first kappa shape index (κ1) is 21.2. The molecule has 33 heavy (non-hydrogen) atoms. The van der Waals surface area contributed by atoms with Crippen LogP contribution in [0.2, 0.25) is 0 Å². The lowest BCUT2D eigenvalue weighted by atomic mass is 9.87. The van der Waals surface area contributed by atoms with E-state index in [1.54, 1.807) is 0 Å². The van der Waals surface area contributed by atoms with Crippen LogP contribution in [0.4, 0.5) is 0 Å². The average Bonchev–Trinajstić information content (AvgIpc) is 2.83. The zero-order valence-corrected chi connectivity index (χ0v) is 19.0. The minimum Gasteiger partial charge on any atom is -0.490 e. The summed E-state index contributed by atoms with van der Waals surface area (Å²) in [7, 11) is 0. The Labute approximate surface area is 194 Å². The number of aromatic nitrogens is 1. The van der Waals surface area contributed by atoms with Crippen molar-refractivity contribution in [2.45, 2.75) is 45.3 Å². The van der Waals surface area contributed by atoms with Gasteiger partial charge in [-0.3, -0.25) is 4.79 Å². The van der Waals surface area contributed by atoms with E-state index >= 15 is 0 Å². The van der Waals surface area contributed by atoms with E-state index in [4.69, 9.17) is 9.72 Å². The number of para-hydroxylation sites is 2. The lowest BCUT2D eigenvalue weighted by molar-refractivity contribution is 0.0934. The molecule has 1 heterocycles. The molecule has 5 rings (SSSR count). The Morgan fingerprint density at radius 1 is 1.00 bits per heavy atom. The van der Waals surface area contributed by atoms with Gasteiger partial charge in [0.15, 0.2) is 0 Å². The van der Waals surface area contributed by atoms with Gasteiger partial charge in [-0.1, -0.05) is 54.6 Å². The molecule has 4 nitrogen and oxygen atoms in total. The molecule has 0 radical (unpaired) electrons. The zero-order chi connectivity index (χ0) is 22.8. The van der Waals surface area contributed by atoms with Crippen LogP contribution >= 0.6 is 0 Å². The van der Waals surface area contributed by atoms with Gasteiger partial charge in [0.05, 0.1) is 28.9 Å². The summed E-state index contributed by atoms with van der Waals surface area (Å²) in [5.74, 6) is 0.696. The maximum atomic E-state index is 13.6. The van der Waals surface area contributed by atoms with Crippen molar-refractivity contribution < 1.29 is 9.53 Å². The lowest BCUT2D eigenvalue weighted by Crippen LogP contribution is -2.31. The number of rotatable bonds is 5. The van der Waals surface area contributed by atoms with Gasteiger partial charge in [0.25, 0.3) is 5.91 Å². The Kier molecular flexibility index (Phi) is 5.82. The van der Waals surface area contributed by atoms with E-state index < -0.39 is 0 Å². The highest BCUT2D eigenvalue weighted by atomic mass is 16.5. The number of hydrogen-bond donors (Lipinski definition) is 1. The van der Waals surface area contributed by atoms with E-state index in [1.165, 1.54) is 11.1 Å².